The topological polar surface area (TPSA) is 84.7 Å². The number of nitrogens with two attached hydrogens (primary N) is 1. The summed E-state index contributed by atoms with van der Waals surface area (Å²) in [4.78, 5) is 26.4. The quantitative estimate of drug-likeness (QED) is 0.826. The van der Waals surface area contributed by atoms with Crippen molar-refractivity contribution >= 4 is 17.5 Å². The van der Waals surface area contributed by atoms with Crippen LogP contribution in [0, 0.1) is 5.41 Å². The number of benzene rings is 1. The number of carbonyl (C=O) groups excluding carboxylic acids is 2. The average molecular weight is 317 g/mol. The molecular formula is C17H23N3O3. The standard InChI is InChI=1S/C17H23N3O3/c18-12-17(5-9-23-10-6-17)16(22)19-7-8-20-14-4-2-1-3-13(14)11-15(20)21/h1-4H,5-12,18H2,(H,19,22). The first-order valence-electron chi connectivity index (χ1n) is 8.11. The van der Waals surface area contributed by atoms with Crippen LogP contribution in [0.5, 0.6) is 0 Å². The molecule has 2 aliphatic heterocycles. The van der Waals surface area contributed by atoms with Gasteiger partial charge in [0.2, 0.25) is 11.8 Å². The molecule has 0 spiro atoms. The van der Waals surface area contributed by atoms with Crippen molar-refractivity contribution in [2.45, 2.75) is 19.3 Å². The SMILES string of the molecule is NCC1(C(=O)NCCN2C(=O)Cc3ccccc32)CCOCC1. The van der Waals surface area contributed by atoms with Crippen LogP contribution in [-0.4, -0.2) is 44.7 Å². The van der Waals surface area contributed by atoms with Crippen LogP contribution in [0.4, 0.5) is 5.69 Å². The normalized spacial score (nSPS) is 19.5. The minimum Gasteiger partial charge on any atom is -0.381 e. The van der Waals surface area contributed by atoms with Crippen molar-refractivity contribution in [1.29, 1.82) is 0 Å². The van der Waals surface area contributed by atoms with Gasteiger partial charge < -0.3 is 20.7 Å². The molecule has 1 aromatic carbocycles. The van der Waals surface area contributed by atoms with E-state index in [0.29, 0.717) is 52.1 Å². The molecule has 23 heavy (non-hydrogen) atoms. The number of fused-ring (bicyclic) bond motifs is 1. The molecule has 2 aliphatic rings. The number of para-hydroxylation sites is 1. The zero-order valence-electron chi connectivity index (χ0n) is 13.2. The molecule has 0 aromatic heterocycles. The van der Waals surface area contributed by atoms with Crippen molar-refractivity contribution in [2.24, 2.45) is 11.1 Å². The van der Waals surface area contributed by atoms with E-state index in [2.05, 4.69) is 5.32 Å². The lowest BCUT2D eigenvalue weighted by Gasteiger charge is -2.34. The Kier molecular flexibility index (Phi) is 4.63. The molecular weight excluding hydrogens is 294 g/mol. The number of anilines is 1. The summed E-state index contributed by atoms with van der Waals surface area (Å²) in [5.74, 6) is 0.0586. The number of ether oxygens (including phenoxy) is 1. The highest BCUT2D eigenvalue weighted by atomic mass is 16.5. The van der Waals surface area contributed by atoms with E-state index >= 15 is 0 Å². The number of nitrogens with zero attached hydrogens (tertiary/aromatic N) is 1. The first kappa shape index (κ1) is 16.0. The minimum atomic E-state index is -0.523. The Morgan fingerprint density at radius 3 is 2.78 bits per heavy atom. The fourth-order valence-electron chi connectivity index (χ4n) is 3.32. The zero-order chi connectivity index (χ0) is 16.3. The van der Waals surface area contributed by atoms with Gasteiger partial charge in [0.05, 0.1) is 11.8 Å². The monoisotopic (exact) mass is 317 g/mol. The van der Waals surface area contributed by atoms with Crippen LogP contribution < -0.4 is 16.0 Å². The molecule has 3 rings (SSSR count). The second-order valence-electron chi connectivity index (χ2n) is 6.20. The average Bonchev–Trinajstić information content (AvgIpc) is 2.91. The molecule has 2 amide bonds. The van der Waals surface area contributed by atoms with E-state index in [1.165, 1.54) is 0 Å². The fraction of sp³-hybridized carbons (Fsp3) is 0.529. The Bertz CT molecular complexity index is 597. The van der Waals surface area contributed by atoms with Crippen molar-refractivity contribution < 1.29 is 14.3 Å². The van der Waals surface area contributed by atoms with E-state index in [1.807, 2.05) is 24.3 Å². The summed E-state index contributed by atoms with van der Waals surface area (Å²) in [6.45, 7) is 2.39. The van der Waals surface area contributed by atoms with Gasteiger partial charge in [-0.1, -0.05) is 18.2 Å². The summed E-state index contributed by atoms with van der Waals surface area (Å²) >= 11 is 0. The van der Waals surface area contributed by atoms with E-state index in [1.54, 1.807) is 4.90 Å². The van der Waals surface area contributed by atoms with Gasteiger partial charge in [-0.05, 0) is 24.5 Å². The molecule has 0 atom stereocenters. The van der Waals surface area contributed by atoms with Crippen molar-refractivity contribution in [3.8, 4) is 0 Å². The zero-order valence-corrected chi connectivity index (χ0v) is 13.2. The highest BCUT2D eigenvalue weighted by molar-refractivity contribution is 6.01. The van der Waals surface area contributed by atoms with Gasteiger partial charge in [0.15, 0.2) is 0 Å². The molecule has 6 heteroatoms. The Morgan fingerprint density at radius 2 is 2.04 bits per heavy atom. The Hall–Kier alpha value is -1.92. The molecule has 1 fully saturated rings. The van der Waals surface area contributed by atoms with E-state index in [0.717, 1.165) is 11.3 Å². The Balaban J connectivity index is 1.57. The number of amides is 2. The molecule has 6 nitrogen and oxygen atoms in total. The molecule has 0 saturated carbocycles. The third kappa shape index (κ3) is 3.09. The van der Waals surface area contributed by atoms with Crippen LogP contribution in [0.25, 0.3) is 0 Å². The van der Waals surface area contributed by atoms with Crippen LogP contribution in [-0.2, 0) is 20.7 Å². The van der Waals surface area contributed by atoms with Gasteiger partial charge in [-0.25, -0.2) is 0 Å². The Morgan fingerprint density at radius 1 is 1.30 bits per heavy atom. The maximum atomic E-state index is 12.5. The molecule has 0 aliphatic carbocycles. The molecule has 3 N–H and O–H groups in total. The highest BCUT2D eigenvalue weighted by Crippen LogP contribution is 2.30. The molecule has 0 radical (unpaired) electrons. The predicted octanol–water partition coefficient (Wildman–Crippen LogP) is 0.447. The van der Waals surface area contributed by atoms with E-state index < -0.39 is 5.41 Å². The van der Waals surface area contributed by atoms with Gasteiger partial charge in [-0.15, -0.1) is 0 Å². The summed E-state index contributed by atoms with van der Waals surface area (Å²) in [7, 11) is 0. The van der Waals surface area contributed by atoms with E-state index in [4.69, 9.17) is 10.5 Å². The number of carbonyl (C=O) groups is 2. The number of nitrogens with one attached hydrogen (secondary N) is 1. The van der Waals surface area contributed by atoms with Crippen LogP contribution in [0.15, 0.2) is 24.3 Å². The summed E-state index contributed by atoms with van der Waals surface area (Å²) in [5.41, 5.74) is 7.31. The molecule has 0 bridgehead atoms. The van der Waals surface area contributed by atoms with Gasteiger partial charge in [0, 0.05) is 38.5 Å². The van der Waals surface area contributed by atoms with Gasteiger partial charge in [-0.2, -0.15) is 0 Å². The van der Waals surface area contributed by atoms with Crippen LogP contribution in [0.3, 0.4) is 0 Å². The lowest BCUT2D eigenvalue weighted by Crippen LogP contribution is -2.50. The third-order valence-electron chi connectivity index (χ3n) is 4.87. The maximum Gasteiger partial charge on any atom is 0.231 e. The number of hydrogen-bond donors (Lipinski definition) is 2. The first-order chi connectivity index (χ1) is 11.2. The minimum absolute atomic E-state index is 0.0248. The summed E-state index contributed by atoms with van der Waals surface area (Å²) in [5, 5.41) is 2.95. The first-order valence-corrected chi connectivity index (χ1v) is 8.11. The van der Waals surface area contributed by atoms with Gasteiger partial charge >= 0.3 is 0 Å². The van der Waals surface area contributed by atoms with Gasteiger partial charge in [-0.3, -0.25) is 9.59 Å². The van der Waals surface area contributed by atoms with Crippen molar-refractivity contribution in [2.75, 3.05) is 37.7 Å². The summed E-state index contributed by atoms with van der Waals surface area (Å²) in [6.07, 6.45) is 1.75. The van der Waals surface area contributed by atoms with Crippen molar-refractivity contribution in [1.82, 2.24) is 5.32 Å². The summed E-state index contributed by atoms with van der Waals surface area (Å²) in [6, 6.07) is 7.78. The van der Waals surface area contributed by atoms with E-state index in [-0.39, 0.29) is 11.8 Å². The second-order valence-corrected chi connectivity index (χ2v) is 6.20. The Labute approximate surface area is 136 Å². The smallest absolute Gasteiger partial charge is 0.231 e. The highest BCUT2D eigenvalue weighted by Gasteiger charge is 2.38. The van der Waals surface area contributed by atoms with Crippen LogP contribution in [0.2, 0.25) is 0 Å². The molecule has 124 valence electrons. The van der Waals surface area contributed by atoms with E-state index in [9.17, 15) is 9.59 Å². The van der Waals surface area contributed by atoms with Gasteiger partial charge in [0.1, 0.15) is 0 Å². The molecule has 0 unspecified atom stereocenters. The second kappa shape index (κ2) is 6.68. The van der Waals surface area contributed by atoms with Crippen molar-refractivity contribution in [3.05, 3.63) is 29.8 Å². The lowest BCUT2D eigenvalue weighted by molar-refractivity contribution is -0.135. The number of hydrogen-bond acceptors (Lipinski definition) is 4. The molecule has 1 saturated heterocycles. The van der Waals surface area contributed by atoms with Crippen LogP contribution >= 0.6 is 0 Å². The largest absolute Gasteiger partial charge is 0.381 e. The molecule has 2 heterocycles. The summed E-state index contributed by atoms with van der Waals surface area (Å²) < 4.78 is 5.33. The number of rotatable bonds is 5. The van der Waals surface area contributed by atoms with Crippen molar-refractivity contribution in [3.63, 3.8) is 0 Å². The maximum absolute atomic E-state index is 12.5. The van der Waals surface area contributed by atoms with Crippen LogP contribution in [0.1, 0.15) is 18.4 Å². The fourth-order valence-corrected chi connectivity index (χ4v) is 3.32. The predicted molar refractivity (Wildman–Crippen MR) is 87.0 cm³/mol. The molecule has 1 aromatic rings. The lowest BCUT2D eigenvalue weighted by atomic mass is 9.79. The van der Waals surface area contributed by atoms with Gasteiger partial charge in [0.25, 0.3) is 0 Å². The third-order valence-corrected chi connectivity index (χ3v) is 4.87.